The van der Waals surface area contributed by atoms with Crippen molar-refractivity contribution in [2.24, 2.45) is 0 Å². The third kappa shape index (κ3) is 4.96. The lowest BCUT2D eigenvalue weighted by Crippen LogP contribution is -2.09. The van der Waals surface area contributed by atoms with Gasteiger partial charge in [0.05, 0.1) is 5.39 Å². The predicted molar refractivity (Wildman–Crippen MR) is 210 cm³/mol. The molecule has 10 aromatic rings. The van der Waals surface area contributed by atoms with E-state index in [9.17, 15) is 0 Å². The first-order valence-electron chi connectivity index (χ1n) is 17.1. The Labute approximate surface area is 294 Å². The molecule has 51 heavy (non-hydrogen) atoms. The highest BCUT2D eigenvalue weighted by Crippen LogP contribution is 2.43. The average Bonchev–Trinajstić information content (AvgIpc) is 3.81. The first-order chi connectivity index (χ1) is 25.3. The summed E-state index contributed by atoms with van der Waals surface area (Å²) in [5.41, 5.74) is 11.7. The van der Waals surface area contributed by atoms with Crippen molar-refractivity contribution in [1.29, 1.82) is 0 Å². The number of furan rings is 1. The van der Waals surface area contributed by atoms with Crippen LogP contribution in [-0.2, 0) is 0 Å². The molecule has 0 saturated carbocycles. The van der Waals surface area contributed by atoms with Gasteiger partial charge in [0.25, 0.3) is 0 Å². The number of benzene rings is 8. The minimum atomic E-state index is 0.592. The Kier molecular flexibility index (Phi) is 6.78. The van der Waals surface area contributed by atoms with Crippen LogP contribution >= 0.6 is 0 Å². The van der Waals surface area contributed by atoms with E-state index in [0.717, 1.165) is 66.8 Å². The van der Waals surface area contributed by atoms with Gasteiger partial charge in [0.1, 0.15) is 16.7 Å². The summed E-state index contributed by atoms with van der Waals surface area (Å²) in [7, 11) is 0. The number of hydrogen-bond acceptors (Lipinski definition) is 4. The molecular weight excluding hydrogens is 625 g/mol. The zero-order valence-electron chi connectivity index (χ0n) is 27.5. The molecule has 0 N–H and O–H groups in total. The van der Waals surface area contributed by atoms with Gasteiger partial charge in [-0.25, -0.2) is 4.98 Å². The van der Waals surface area contributed by atoms with Crippen molar-refractivity contribution in [1.82, 2.24) is 4.98 Å². The zero-order valence-corrected chi connectivity index (χ0v) is 27.5. The third-order valence-electron chi connectivity index (χ3n) is 9.70. The highest BCUT2D eigenvalue weighted by Gasteiger charge is 2.21. The van der Waals surface area contributed by atoms with Gasteiger partial charge in [-0.15, -0.1) is 0 Å². The molecule has 0 bridgehead atoms. The molecule has 2 heterocycles. The van der Waals surface area contributed by atoms with Crippen molar-refractivity contribution in [3.63, 3.8) is 0 Å². The summed E-state index contributed by atoms with van der Waals surface area (Å²) in [5.74, 6) is 0.592. The summed E-state index contributed by atoms with van der Waals surface area (Å²) >= 11 is 0. The number of nitrogens with zero attached hydrogens (tertiary/aromatic N) is 2. The van der Waals surface area contributed by atoms with E-state index in [4.69, 9.17) is 13.8 Å². The third-order valence-corrected chi connectivity index (χ3v) is 9.70. The van der Waals surface area contributed by atoms with Crippen molar-refractivity contribution in [3.8, 4) is 33.7 Å². The first-order valence-corrected chi connectivity index (χ1v) is 17.1. The lowest BCUT2D eigenvalue weighted by atomic mass is 9.98. The highest BCUT2D eigenvalue weighted by molar-refractivity contribution is 6.20. The van der Waals surface area contributed by atoms with Crippen LogP contribution in [0.4, 0.5) is 17.1 Å². The fourth-order valence-corrected chi connectivity index (χ4v) is 7.27. The summed E-state index contributed by atoms with van der Waals surface area (Å²) in [5, 5.41) is 4.44. The smallest absolute Gasteiger partial charge is 0.227 e. The maximum Gasteiger partial charge on any atom is 0.227 e. The van der Waals surface area contributed by atoms with Crippen LogP contribution in [0, 0.1) is 0 Å². The molecule has 2 aromatic heterocycles. The molecule has 0 aliphatic rings. The fourth-order valence-electron chi connectivity index (χ4n) is 7.27. The summed E-state index contributed by atoms with van der Waals surface area (Å²) < 4.78 is 13.0. The molecular formula is C47H30N2O2. The first kappa shape index (κ1) is 29.0. The van der Waals surface area contributed by atoms with Crippen LogP contribution in [0.3, 0.4) is 0 Å². The van der Waals surface area contributed by atoms with Crippen molar-refractivity contribution in [3.05, 3.63) is 182 Å². The van der Waals surface area contributed by atoms with E-state index in [1.165, 1.54) is 21.9 Å². The average molecular weight is 655 g/mol. The van der Waals surface area contributed by atoms with E-state index >= 15 is 0 Å². The highest BCUT2D eigenvalue weighted by atomic mass is 16.4. The molecule has 0 spiro atoms. The Morgan fingerprint density at radius 2 is 1.00 bits per heavy atom. The lowest BCUT2D eigenvalue weighted by Gasteiger charge is -2.26. The van der Waals surface area contributed by atoms with Gasteiger partial charge in [-0.2, -0.15) is 0 Å². The monoisotopic (exact) mass is 654 g/mol. The normalized spacial score (nSPS) is 11.5. The second-order valence-electron chi connectivity index (χ2n) is 12.8. The molecule has 0 atom stereocenters. The number of hydrogen-bond donors (Lipinski definition) is 0. The summed E-state index contributed by atoms with van der Waals surface area (Å²) in [4.78, 5) is 7.25. The van der Waals surface area contributed by atoms with Crippen molar-refractivity contribution >= 4 is 60.9 Å². The van der Waals surface area contributed by atoms with Gasteiger partial charge in [-0.1, -0.05) is 121 Å². The van der Waals surface area contributed by atoms with Crippen LogP contribution in [0.5, 0.6) is 0 Å². The summed E-state index contributed by atoms with van der Waals surface area (Å²) in [6, 6.07) is 63.3. The Balaban J connectivity index is 1.08. The van der Waals surface area contributed by atoms with E-state index in [1.807, 2.05) is 48.5 Å². The number of aromatic nitrogens is 1. The Hall–Kier alpha value is -6.91. The molecule has 0 aliphatic heterocycles. The van der Waals surface area contributed by atoms with Crippen molar-refractivity contribution in [2.45, 2.75) is 0 Å². The molecule has 0 aliphatic carbocycles. The second kappa shape index (κ2) is 11.9. The van der Waals surface area contributed by atoms with Crippen LogP contribution < -0.4 is 4.90 Å². The number of oxazole rings is 1. The SMILES string of the molecule is c1ccc(-c2nc3cc(-c4ccc(N(c5ccccc5)c5ccc(-c6cccc7ccccc67)cc5)cc4)c4oc5ccccc5c4c3o2)cc1. The molecule has 0 fully saturated rings. The van der Waals surface area contributed by atoms with Gasteiger partial charge < -0.3 is 13.7 Å². The number of para-hydroxylation sites is 2. The van der Waals surface area contributed by atoms with Gasteiger partial charge in [-0.3, -0.25) is 0 Å². The molecule has 10 rings (SSSR count). The van der Waals surface area contributed by atoms with Crippen LogP contribution in [0.1, 0.15) is 0 Å². The Morgan fingerprint density at radius 3 is 1.75 bits per heavy atom. The molecule has 240 valence electrons. The van der Waals surface area contributed by atoms with Gasteiger partial charge in [0.2, 0.25) is 5.89 Å². The molecule has 0 saturated heterocycles. The van der Waals surface area contributed by atoms with Gasteiger partial charge in [-0.05, 0) is 88.1 Å². The van der Waals surface area contributed by atoms with Crippen LogP contribution in [0.25, 0.3) is 77.5 Å². The molecule has 0 radical (unpaired) electrons. The van der Waals surface area contributed by atoms with Crippen molar-refractivity contribution < 1.29 is 8.83 Å². The predicted octanol–water partition coefficient (Wildman–Crippen LogP) is 13.4. The molecule has 0 unspecified atom stereocenters. The maximum absolute atomic E-state index is 6.55. The van der Waals surface area contributed by atoms with E-state index in [-0.39, 0.29) is 0 Å². The standard InChI is InChI=1S/C47H30N2O2/c1-3-13-34(14-4-1)47-48-42-30-41(45-44(46(42)51-47)40-19-9-10-21-43(40)50-45)33-24-28-37(29-25-33)49(35-16-5-2-6-17-35)36-26-22-32(23-27-36)39-20-11-15-31-12-7-8-18-38(31)39/h1-30H. The lowest BCUT2D eigenvalue weighted by molar-refractivity contribution is 0.622. The Morgan fingerprint density at radius 1 is 0.412 bits per heavy atom. The number of anilines is 3. The minimum Gasteiger partial charge on any atom is -0.455 e. The van der Waals surface area contributed by atoms with Gasteiger partial charge in [0, 0.05) is 33.6 Å². The minimum absolute atomic E-state index is 0.592. The van der Waals surface area contributed by atoms with Crippen LogP contribution in [-0.4, -0.2) is 4.98 Å². The van der Waals surface area contributed by atoms with Crippen molar-refractivity contribution in [2.75, 3.05) is 4.90 Å². The molecule has 4 heteroatoms. The maximum atomic E-state index is 6.55. The van der Waals surface area contributed by atoms with E-state index in [2.05, 4.69) is 138 Å². The zero-order chi connectivity index (χ0) is 33.7. The Bertz CT molecular complexity index is 2830. The van der Waals surface area contributed by atoms with Crippen LogP contribution in [0.15, 0.2) is 191 Å². The number of fused-ring (bicyclic) bond motifs is 6. The molecule has 4 nitrogen and oxygen atoms in total. The summed E-state index contributed by atoms with van der Waals surface area (Å²) in [6.07, 6.45) is 0. The van der Waals surface area contributed by atoms with Gasteiger partial charge >= 0.3 is 0 Å². The molecule has 8 aromatic carbocycles. The molecule has 0 amide bonds. The van der Waals surface area contributed by atoms with E-state index in [0.29, 0.717) is 5.89 Å². The van der Waals surface area contributed by atoms with E-state index < -0.39 is 0 Å². The van der Waals surface area contributed by atoms with Crippen LogP contribution in [0.2, 0.25) is 0 Å². The fraction of sp³-hybridized carbons (Fsp3) is 0. The largest absolute Gasteiger partial charge is 0.455 e. The topological polar surface area (TPSA) is 42.4 Å². The quantitative estimate of drug-likeness (QED) is 0.179. The van der Waals surface area contributed by atoms with Gasteiger partial charge in [0.15, 0.2) is 5.58 Å². The summed E-state index contributed by atoms with van der Waals surface area (Å²) in [6.45, 7) is 0. The number of rotatable bonds is 6. The second-order valence-corrected chi connectivity index (χ2v) is 12.8. The van der Waals surface area contributed by atoms with E-state index in [1.54, 1.807) is 0 Å².